The van der Waals surface area contributed by atoms with E-state index in [1.54, 1.807) is 6.07 Å². The van der Waals surface area contributed by atoms with Gasteiger partial charge in [0.15, 0.2) is 0 Å². The molecule has 0 unspecified atom stereocenters. The summed E-state index contributed by atoms with van der Waals surface area (Å²) in [6, 6.07) is 5.68. The third-order valence-electron chi connectivity index (χ3n) is 3.12. The SMILES string of the molecule is Cc1ccc(Cn2c(C)cc(C(=O)O)c2C)cn1. The molecule has 0 amide bonds. The topological polar surface area (TPSA) is 55.1 Å². The largest absolute Gasteiger partial charge is 0.478 e. The molecule has 4 heteroatoms. The van der Waals surface area contributed by atoms with Crippen LogP contribution < -0.4 is 0 Å². The Hall–Kier alpha value is -2.10. The molecule has 18 heavy (non-hydrogen) atoms. The van der Waals surface area contributed by atoms with E-state index in [9.17, 15) is 4.79 Å². The molecule has 2 rings (SSSR count). The molecule has 0 saturated heterocycles. The zero-order valence-electron chi connectivity index (χ0n) is 10.8. The van der Waals surface area contributed by atoms with Crippen LogP contribution in [0.25, 0.3) is 0 Å². The van der Waals surface area contributed by atoms with E-state index in [4.69, 9.17) is 5.11 Å². The minimum absolute atomic E-state index is 0.368. The molecule has 1 N–H and O–H groups in total. The number of nitrogens with zero attached hydrogens (tertiary/aromatic N) is 2. The molecule has 0 radical (unpaired) electrons. The molecule has 2 aromatic heterocycles. The zero-order chi connectivity index (χ0) is 13.3. The number of pyridine rings is 1. The van der Waals surface area contributed by atoms with Gasteiger partial charge in [0.1, 0.15) is 0 Å². The first-order valence-electron chi connectivity index (χ1n) is 5.80. The zero-order valence-corrected chi connectivity index (χ0v) is 10.8. The first kappa shape index (κ1) is 12.4. The quantitative estimate of drug-likeness (QED) is 0.902. The molecule has 0 aliphatic heterocycles. The van der Waals surface area contributed by atoms with Crippen LogP contribution in [0, 0.1) is 20.8 Å². The van der Waals surface area contributed by atoms with E-state index in [2.05, 4.69) is 4.98 Å². The van der Waals surface area contributed by atoms with Crippen LogP contribution in [0.4, 0.5) is 0 Å². The highest BCUT2D eigenvalue weighted by molar-refractivity contribution is 5.89. The normalized spacial score (nSPS) is 10.6. The molecule has 0 aliphatic rings. The Morgan fingerprint density at radius 1 is 1.33 bits per heavy atom. The summed E-state index contributed by atoms with van der Waals surface area (Å²) in [5, 5.41) is 9.08. The van der Waals surface area contributed by atoms with Gasteiger partial charge in [-0.1, -0.05) is 6.07 Å². The minimum atomic E-state index is -0.878. The maximum atomic E-state index is 11.1. The molecule has 2 aromatic rings. The van der Waals surface area contributed by atoms with Crippen LogP contribution in [0.2, 0.25) is 0 Å². The van der Waals surface area contributed by atoms with Crippen LogP contribution in [-0.2, 0) is 6.54 Å². The third-order valence-corrected chi connectivity index (χ3v) is 3.12. The van der Waals surface area contributed by atoms with Gasteiger partial charge in [-0.15, -0.1) is 0 Å². The lowest BCUT2D eigenvalue weighted by Gasteiger charge is -2.09. The summed E-state index contributed by atoms with van der Waals surface area (Å²) >= 11 is 0. The highest BCUT2D eigenvalue weighted by Gasteiger charge is 2.14. The summed E-state index contributed by atoms with van der Waals surface area (Å²) in [7, 11) is 0. The molecular formula is C14H16N2O2. The van der Waals surface area contributed by atoms with E-state index in [1.807, 2.05) is 43.7 Å². The molecule has 0 aliphatic carbocycles. The summed E-state index contributed by atoms with van der Waals surface area (Å²) in [6.45, 7) is 6.34. The van der Waals surface area contributed by atoms with E-state index in [0.29, 0.717) is 12.1 Å². The van der Waals surface area contributed by atoms with Crippen molar-refractivity contribution >= 4 is 5.97 Å². The van der Waals surface area contributed by atoms with Crippen molar-refractivity contribution in [2.24, 2.45) is 0 Å². The van der Waals surface area contributed by atoms with Crippen molar-refractivity contribution in [1.82, 2.24) is 9.55 Å². The predicted octanol–water partition coefficient (Wildman–Crippen LogP) is 2.55. The van der Waals surface area contributed by atoms with Gasteiger partial charge in [-0.2, -0.15) is 0 Å². The summed E-state index contributed by atoms with van der Waals surface area (Å²) in [5.74, 6) is -0.878. The minimum Gasteiger partial charge on any atom is -0.478 e. The van der Waals surface area contributed by atoms with Gasteiger partial charge in [-0.05, 0) is 38.5 Å². The van der Waals surface area contributed by atoms with E-state index >= 15 is 0 Å². The van der Waals surface area contributed by atoms with Crippen molar-refractivity contribution in [2.75, 3.05) is 0 Å². The Kier molecular flexibility index (Phi) is 3.19. The second-order valence-corrected chi connectivity index (χ2v) is 4.48. The van der Waals surface area contributed by atoms with Gasteiger partial charge in [-0.25, -0.2) is 4.79 Å². The third kappa shape index (κ3) is 2.27. The number of rotatable bonds is 3. The smallest absolute Gasteiger partial charge is 0.337 e. The molecule has 0 saturated carbocycles. The molecule has 0 bridgehead atoms. The number of hydrogen-bond donors (Lipinski definition) is 1. The monoisotopic (exact) mass is 244 g/mol. The molecule has 0 aromatic carbocycles. The standard InChI is InChI=1S/C14H16N2O2/c1-9-4-5-12(7-15-9)8-16-10(2)6-13(11(16)3)14(17)18/h4-7H,8H2,1-3H3,(H,17,18). The molecule has 0 spiro atoms. The fourth-order valence-electron chi connectivity index (χ4n) is 2.04. The number of carboxylic acids is 1. The maximum absolute atomic E-state index is 11.1. The van der Waals surface area contributed by atoms with Crippen molar-refractivity contribution in [3.63, 3.8) is 0 Å². The van der Waals surface area contributed by atoms with Gasteiger partial charge in [0.2, 0.25) is 0 Å². The van der Waals surface area contributed by atoms with E-state index < -0.39 is 5.97 Å². The number of carboxylic acid groups (broad SMARTS) is 1. The first-order valence-corrected chi connectivity index (χ1v) is 5.80. The van der Waals surface area contributed by atoms with E-state index in [-0.39, 0.29) is 0 Å². The first-order chi connectivity index (χ1) is 8.49. The molecule has 4 nitrogen and oxygen atoms in total. The van der Waals surface area contributed by atoms with Crippen LogP contribution in [0.5, 0.6) is 0 Å². The second-order valence-electron chi connectivity index (χ2n) is 4.48. The summed E-state index contributed by atoms with van der Waals surface area (Å²) in [6.07, 6.45) is 1.83. The van der Waals surface area contributed by atoms with Crippen molar-refractivity contribution in [3.05, 3.63) is 52.6 Å². The van der Waals surface area contributed by atoms with E-state index in [1.165, 1.54) is 0 Å². The molecule has 0 fully saturated rings. The van der Waals surface area contributed by atoms with Crippen LogP contribution in [0.3, 0.4) is 0 Å². The number of aromatic carboxylic acids is 1. The number of hydrogen-bond acceptors (Lipinski definition) is 2. The van der Waals surface area contributed by atoms with Gasteiger partial charge in [0.05, 0.1) is 5.56 Å². The van der Waals surface area contributed by atoms with Gasteiger partial charge < -0.3 is 9.67 Å². The molecule has 94 valence electrons. The van der Waals surface area contributed by atoms with Crippen molar-refractivity contribution in [3.8, 4) is 0 Å². The Morgan fingerprint density at radius 3 is 2.56 bits per heavy atom. The van der Waals surface area contributed by atoms with Gasteiger partial charge >= 0.3 is 5.97 Å². The fraction of sp³-hybridized carbons (Fsp3) is 0.286. The number of carbonyl (C=O) groups is 1. The highest BCUT2D eigenvalue weighted by atomic mass is 16.4. The lowest BCUT2D eigenvalue weighted by molar-refractivity contribution is 0.0696. The fourth-order valence-corrected chi connectivity index (χ4v) is 2.04. The van der Waals surface area contributed by atoms with E-state index in [0.717, 1.165) is 22.6 Å². The van der Waals surface area contributed by atoms with Crippen LogP contribution >= 0.6 is 0 Å². The lowest BCUT2D eigenvalue weighted by atomic mass is 10.2. The summed E-state index contributed by atoms with van der Waals surface area (Å²) in [5.41, 5.74) is 4.14. The van der Waals surface area contributed by atoms with Gasteiger partial charge in [0, 0.05) is 29.8 Å². The predicted molar refractivity (Wildman–Crippen MR) is 68.9 cm³/mol. The maximum Gasteiger partial charge on any atom is 0.337 e. The molecular weight excluding hydrogens is 228 g/mol. The number of aryl methyl sites for hydroxylation is 2. The lowest BCUT2D eigenvalue weighted by Crippen LogP contribution is -2.06. The van der Waals surface area contributed by atoms with Crippen molar-refractivity contribution < 1.29 is 9.90 Å². The molecule has 0 atom stereocenters. The van der Waals surface area contributed by atoms with Crippen molar-refractivity contribution in [1.29, 1.82) is 0 Å². The Bertz CT molecular complexity index is 583. The van der Waals surface area contributed by atoms with Gasteiger partial charge in [0.25, 0.3) is 0 Å². The average Bonchev–Trinajstić information content (AvgIpc) is 2.60. The van der Waals surface area contributed by atoms with Crippen molar-refractivity contribution in [2.45, 2.75) is 27.3 Å². The summed E-state index contributed by atoms with van der Waals surface area (Å²) in [4.78, 5) is 15.3. The van der Waals surface area contributed by atoms with Crippen LogP contribution in [0.1, 0.15) is 33.0 Å². The highest BCUT2D eigenvalue weighted by Crippen LogP contribution is 2.16. The summed E-state index contributed by atoms with van der Waals surface area (Å²) < 4.78 is 2.00. The number of aromatic nitrogens is 2. The van der Waals surface area contributed by atoms with Crippen LogP contribution in [-0.4, -0.2) is 20.6 Å². The van der Waals surface area contributed by atoms with Gasteiger partial charge in [-0.3, -0.25) is 4.98 Å². The Morgan fingerprint density at radius 2 is 2.06 bits per heavy atom. The average molecular weight is 244 g/mol. The second kappa shape index (κ2) is 4.64. The Labute approximate surface area is 106 Å². The molecule has 2 heterocycles. The van der Waals surface area contributed by atoms with Crippen LogP contribution in [0.15, 0.2) is 24.4 Å². The Balaban J connectivity index is 2.34.